The molecule has 1 aromatic carbocycles. The van der Waals surface area contributed by atoms with Gasteiger partial charge in [0, 0.05) is 18.2 Å². The molecule has 2 rings (SSSR count). The molecular weight excluding hydrogens is 450 g/mol. The molecule has 0 fully saturated rings. The van der Waals surface area contributed by atoms with Crippen LogP contribution in [0.5, 0.6) is 11.5 Å². The third-order valence-corrected chi connectivity index (χ3v) is 6.54. The third kappa shape index (κ3) is 3.76. The smallest absolute Gasteiger partial charge is 0.370 e. The van der Waals surface area contributed by atoms with Crippen molar-refractivity contribution in [2.75, 3.05) is 14.2 Å². The second-order valence-corrected chi connectivity index (χ2v) is 8.14. The zero-order valence-electron chi connectivity index (χ0n) is 9.75. The monoisotopic (exact) mass is 460 g/mol. The second kappa shape index (κ2) is 7.57. The van der Waals surface area contributed by atoms with Crippen LogP contribution in [0.15, 0.2) is 29.6 Å². The van der Waals surface area contributed by atoms with Gasteiger partial charge in [0.2, 0.25) is 6.45 Å². The second-order valence-electron chi connectivity index (χ2n) is 3.14. The van der Waals surface area contributed by atoms with Crippen molar-refractivity contribution < 1.29 is 47.7 Å². The molecule has 0 aliphatic rings. The Bertz CT molecular complexity index is 480. The fourth-order valence-corrected chi connectivity index (χ4v) is 5.36. The fourth-order valence-electron chi connectivity index (χ4n) is 1.31. The van der Waals surface area contributed by atoms with Gasteiger partial charge in [0.15, 0.2) is 0 Å². The van der Waals surface area contributed by atoms with Gasteiger partial charge in [-0.2, -0.15) is 0 Å². The van der Waals surface area contributed by atoms with Gasteiger partial charge >= 0.3 is 21.2 Å². The zero-order chi connectivity index (χ0) is 12.3. The van der Waals surface area contributed by atoms with Crippen molar-refractivity contribution in [2.24, 2.45) is 0 Å². The summed E-state index contributed by atoms with van der Waals surface area (Å²) in [6.45, 7) is 0. The maximum atomic E-state index is 6.13. The number of thiophene rings is 1. The summed E-state index contributed by atoms with van der Waals surface area (Å²) in [4.78, 5) is 0. The maximum absolute atomic E-state index is 6.13. The largest absolute Gasteiger partial charge is 1.00 e. The first-order chi connectivity index (χ1) is 8.24. The van der Waals surface area contributed by atoms with Crippen LogP contribution in [0.4, 0.5) is 0 Å². The standard InChI is InChI=1S/C12H11ClIO2S.BrH/c1-15-9-6-8(7-10(16-2)12(9)13)14-11-4-3-5-17-11;/h3-7H,1-2H3;1H/q+1;/p-1. The van der Waals surface area contributed by atoms with Crippen LogP contribution < -0.4 is 47.7 Å². The van der Waals surface area contributed by atoms with E-state index in [-0.39, 0.29) is 38.2 Å². The van der Waals surface area contributed by atoms with E-state index in [2.05, 4.69) is 17.5 Å². The van der Waals surface area contributed by atoms with Gasteiger partial charge in [-0.05, 0) is 11.4 Å². The molecule has 0 atom stereocenters. The lowest BCUT2D eigenvalue weighted by molar-refractivity contribution is -0.591. The molecule has 0 saturated heterocycles. The van der Waals surface area contributed by atoms with Crippen LogP contribution in [-0.2, 0) is 0 Å². The van der Waals surface area contributed by atoms with Crippen LogP contribution in [-0.4, -0.2) is 14.2 Å². The summed E-state index contributed by atoms with van der Waals surface area (Å²) in [5.41, 5.74) is 0. The summed E-state index contributed by atoms with van der Waals surface area (Å²) in [6.07, 6.45) is 0. The number of benzene rings is 1. The van der Waals surface area contributed by atoms with Gasteiger partial charge in [-0.25, -0.2) is 0 Å². The number of ether oxygens (including phenoxy) is 2. The Morgan fingerprint density at radius 1 is 1.17 bits per heavy atom. The van der Waals surface area contributed by atoms with Crippen LogP contribution in [0.1, 0.15) is 0 Å². The topological polar surface area (TPSA) is 18.5 Å². The molecule has 1 aromatic heterocycles. The minimum absolute atomic E-state index is 0. The van der Waals surface area contributed by atoms with E-state index in [9.17, 15) is 0 Å². The van der Waals surface area contributed by atoms with Crippen molar-refractivity contribution in [3.8, 4) is 11.5 Å². The number of methoxy groups -OCH3 is 2. The van der Waals surface area contributed by atoms with Gasteiger partial charge in [-0.15, -0.1) is 0 Å². The molecule has 0 aliphatic carbocycles. The number of hydrogen-bond donors (Lipinski definition) is 0. The van der Waals surface area contributed by atoms with E-state index in [1.165, 1.54) is 6.45 Å². The first-order valence-electron chi connectivity index (χ1n) is 4.84. The van der Waals surface area contributed by atoms with Crippen molar-refractivity contribution in [2.45, 2.75) is 0 Å². The predicted molar refractivity (Wildman–Crippen MR) is 66.3 cm³/mol. The van der Waals surface area contributed by atoms with Gasteiger partial charge < -0.3 is 26.5 Å². The van der Waals surface area contributed by atoms with Gasteiger partial charge in [0.25, 0.3) is 0 Å². The molecule has 0 aliphatic heterocycles. The number of halogens is 3. The Hall–Kier alpha value is 0.0200. The van der Waals surface area contributed by atoms with Crippen molar-refractivity contribution in [3.63, 3.8) is 0 Å². The Morgan fingerprint density at radius 2 is 1.78 bits per heavy atom. The molecule has 6 heteroatoms. The van der Waals surface area contributed by atoms with Gasteiger partial charge in [0.05, 0.1) is 14.2 Å². The Labute approximate surface area is 136 Å². The zero-order valence-corrected chi connectivity index (χ0v) is 15.1. The van der Waals surface area contributed by atoms with E-state index >= 15 is 0 Å². The van der Waals surface area contributed by atoms with Crippen molar-refractivity contribution in [1.29, 1.82) is 0 Å². The molecule has 18 heavy (non-hydrogen) atoms. The summed E-state index contributed by atoms with van der Waals surface area (Å²) in [7, 11) is 3.24. The SMILES string of the molecule is COc1cc([I+]c2cccs2)cc(OC)c1Cl.[Br-]. The molecule has 98 valence electrons. The molecule has 0 amide bonds. The normalized spacial score (nSPS) is 9.72. The highest BCUT2D eigenvalue weighted by molar-refractivity contribution is 7.07. The summed E-state index contributed by atoms with van der Waals surface area (Å²) >= 11 is 7.72. The van der Waals surface area contributed by atoms with E-state index in [0.29, 0.717) is 16.5 Å². The minimum atomic E-state index is -0.192. The molecule has 2 nitrogen and oxygen atoms in total. The van der Waals surface area contributed by atoms with Crippen molar-refractivity contribution in [1.82, 2.24) is 0 Å². The lowest BCUT2D eigenvalue weighted by Crippen LogP contribution is -3.61. The van der Waals surface area contributed by atoms with E-state index in [1.807, 2.05) is 12.1 Å². The molecular formula is C12H11BrClIO2S. The number of rotatable bonds is 4. The minimum Gasteiger partial charge on any atom is -1.00 e. The number of hydrogen-bond acceptors (Lipinski definition) is 3. The first kappa shape index (κ1) is 16.1. The van der Waals surface area contributed by atoms with Crippen LogP contribution in [0, 0.1) is 6.45 Å². The van der Waals surface area contributed by atoms with E-state index in [4.69, 9.17) is 21.1 Å². The molecule has 0 radical (unpaired) electrons. The molecule has 0 spiro atoms. The van der Waals surface area contributed by atoms with E-state index < -0.39 is 0 Å². The van der Waals surface area contributed by atoms with E-state index in [0.717, 1.165) is 0 Å². The lowest BCUT2D eigenvalue weighted by atomic mass is 10.3. The molecule has 0 unspecified atom stereocenters. The summed E-state index contributed by atoms with van der Waals surface area (Å²) in [5, 5.41) is 2.63. The van der Waals surface area contributed by atoms with Crippen LogP contribution >= 0.6 is 22.9 Å². The maximum Gasteiger partial charge on any atom is 0.370 e. The van der Waals surface area contributed by atoms with Crippen LogP contribution in [0.25, 0.3) is 0 Å². The molecule has 0 bridgehead atoms. The molecule has 2 aromatic rings. The van der Waals surface area contributed by atoms with Gasteiger partial charge in [0.1, 0.15) is 16.5 Å². The first-order valence-corrected chi connectivity index (χ1v) is 8.26. The summed E-state index contributed by atoms with van der Waals surface area (Å²) in [6, 6.07) is 8.23. The van der Waals surface area contributed by atoms with Crippen molar-refractivity contribution >= 4 is 22.9 Å². The van der Waals surface area contributed by atoms with Crippen molar-refractivity contribution in [3.05, 3.63) is 41.1 Å². The molecule has 0 N–H and O–H groups in total. The third-order valence-electron chi connectivity index (χ3n) is 2.10. The molecule has 1 heterocycles. The predicted octanol–water partition coefficient (Wildman–Crippen LogP) is -2.45. The Kier molecular flexibility index (Phi) is 6.76. The van der Waals surface area contributed by atoms with Gasteiger partial charge in [-0.3, -0.25) is 0 Å². The quantitative estimate of drug-likeness (QED) is 0.471. The van der Waals surface area contributed by atoms with Crippen LogP contribution in [0.2, 0.25) is 5.02 Å². The van der Waals surface area contributed by atoms with E-state index in [1.54, 1.807) is 25.6 Å². The highest BCUT2D eigenvalue weighted by atomic mass is 127. The Morgan fingerprint density at radius 3 is 2.22 bits per heavy atom. The fraction of sp³-hybridized carbons (Fsp3) is 0.167. The Balaban J connectivity index is 0.00000162. The van der Waals surface area contributed by atoms with Crippen LogP contribution in [0.3, 0.4) is 0 Å². The van der Waals surface area contributed by atoms with Gasteiger partial charge in [-0.1, -0.05) is 22.9 Å². The average molecular weight is 462 g/mol. The highest BCUT2D eigenvalue weighted by Gasteiger charge is 2.21. The summed E-state index contributed by atoms with van der Waals surface area (Å²) in [5.74, 6) is 1.36. The highest BCUT2D eigenvalue weighted by Crippen LogP contribution is 2.33. The summed E-state index contributed by atoms with van der Waals surface area (Å²) < 4.78 is 13.2. The molecule has 0 saturated carbocycles. The lowest BCUT2D eigenvalue weighted by Gasteiger charge is -2.06. The average Bonchev–Trinajstić information content (AvgIpc) is 2.84.